The predicted molar refractivity (Wildman–Crippen MR) is 78.9 cm³/mol. The molecule has 0 bridgehead atoms. The third-order valence-electron chi connectivity index (χ3n) is 4.92. The molecule has 3 nitrogen and oxygen atoms in total. The van der Waals surface area contributed by atoms with Gasteiger partial charge in [0.25, 0.3) is 0 Å². The van der Waals surface area contributed by atoms with Crippen molar-refractivity contribution in [1.82, 2.24) is 10.2 Å². The fraction of sp³-hybridized carbons (Fsp3) is 0.938. The van der Waals surface area contributed by atoms with Gasteiger partial charge < -0.3 is 10.2 Å². The van der Waals surface area contributed by atoms with Gasteiger partial charge in [-0.25, -0.2) is 0 Å². The molecular formula is C16H30N2O. The third-order valence-corrected chi connectivity index (χ3v) is 4.92. The molecule has 1 heterocycles. The van der Waals surface area contributed by atoms with E-state index in [2.05, 4.69) is 26.1 Å². The second-order valence-electron chi connectivity index (χ2n) is 7.63. The van der Waals surface area contributed by atoms with Gasteiger partial charge in [-0.2, -0.15) is 0 Å². The highest BCUT2D eigenvalue weighted by atomic mass is 16.2. The number of rotatable bonds is 3. The van der Waals surface area contributed by atoms with Crippen LogP contribution < -0.4 is 5.32 Å². The lowest BCUT2D eigenvalue weighted by atomic mass is 9.67. The molecular weight excluding hydrogens is 236 g/mol. The van der Waals surface area contributed by atoms with Gasteiger partial charge in [-0.15, -0.1) is 0 Å². The number of nitrogens with one attached hydrogen (secondary N) is 1. The maximum atomic E-state index is 12.4. The average molecular weight is 266 g/mol. The zero-order valence-electron chi connectivity index (χ0n) is 13.0. The summed E-state index contributed by atoms with van der Waals surface area (Å²) in [6.07, 6.45) is 5.60. The summed E-state index contributed by atoms with van der Waals surface area (Å²) in [4.78, 5) is 14.4. The number of amides is 1. The van der Waals surface area contributed by atoms with Gasteiger partial charge in [-0.1, -0.05) is 20.8 Å². The Balaban J connectivity index is 1.87. The summed E-state index contributed by atoms with van der Waals surface area (Å²) >= 11 is 0. The standard InChI is InChI=1S/C16H30N2O/c1-12-7-13(10-16(2,3)9-12)8-15(19)18(4)14-5-6-17-11-14/h12-14,17H,5-11H2,1-4H3. The van der Waals surface area contributed by atoms with E-state index >= 15 is 0 Å². The molecule has 0 aromatic carbocycles. The number of nitrogens with zero attached hydrogens (tertiary/aromatic N) is 1. The zero-order chi connectivity index (χ0) is 14.0. The van der Waals surface area contributed by atoms with E-state index in [1.165, 1.54) is 19.3 Å². The Morgan fingerprint density at radius 2 is 2.11 bits per heavy atom. The summed E-state index contributed by atoms with van der Waals surface area (Å²) in [5.41, 5.74) is 0.413. The first-order valence-electron chi connectivity index (χ1n) is 7.84. The monoisotopic (exact) mass is 266 g/mol. The molecule has 2 aliphatic rings. The number of hydrogen-bond acceptors (Lipinski definition) is 2. The highest BCUT2D eigenvalue weighted by molar-refractivity contribution is 5.76. The van der Waals surface area contributed by atoms with Crippen LogP contribution in [0.3, 0.4) is 0 Å². The zero-order valence-corrected chi connectivity index (χ0v) is 13.0. The highest BCUT2D eigenvalue weighted by Crippen LogP contribution is 2.42. The Morgan fingerprint density at radius 1 is 1.37 bits per heavy atom. The van der Waals surface area contributed by atoms with E-state index in [9.17, 15) is 4.79 Å². The molecule has 2 rings (SSSR count). The van der Waals surface area contributed by atoms with Crippen molar-refractivity contribution in [3.05, 3.63) is 0 Å². The van der Waals surface area contributed by atoms with E-state index in [1.54, 1.807) is 0 Å². The van der Waals surface area contributed by atoms with Gasteiger partial charge in [0.15, 0.2) is 0 Å². The molecule has 2 fully saturated rings. The van der Waals surface area contributed by atoms with Gasteiger partial charge in [-0.3, -0.25) is 4.79 Å². The minimum atomic E-state index is 0.351. The maximum Gasteiger partial charge on any atom is 0.222 e. The van der Waals surface area contributed by atoms with Crippen LogP contribution in [0.25, 0.3) is 0 Å². The summed E-state index contributed by atoms with van der Waals surface area (Å²) in [5.74, 6) is 1.70. The van der Waals surface area contributed by atoms with Gasteiger partial charge in [-0.05, 0) is 49.5 Å². The van der Waals surface area contributed by atoms with Crippen LogP contribution >= 0.6 is 0 Å². The molecule has 1 saturated heterocycles. The van der Waals surface area contributed by atoms with Crippen LogP contribution in [0.1, 0.15) is 52.9 Å². The highest BCUT2D eigenvalue weighted by Gasteiger charge is 2.34. The number of carbonyl (C=O) groups excluding carboxylic acids is 1. The first-order chi connectivity index (χ1) is 8.87. The molecule has 19 heavy (non-hydrogen) atoms. The predicted octanol–water partition coefficient (Wildman–Crippen LogP) is 2.66. The normalized spacial score (nSPS) is 34.2. The van der Waals surface area contributed by atoms with E-state index in [0.29, 0.717) is 23.3 Å². The summed E-state index contributed by atoms with van der Waals surface area (Å²) in [6, 6.07) is 0.418. The molecule has 1 saturated carbocycles. The van der Waals surface area contributed by atoms with Crippen LogP contribution in [0.2, 0.25) is 0 Å². The molecule has 3 heteroatoms. The van der Waals surface area contributed by atoms with Crippen molar-refractivity contribution in [2.45, 2.75) is 58.9 Å². The topological polar surface area (TPSA) is 32.3 Å². The smallest absolute Gasteiger partial charge is 0.222 e. The van der Waals surface area contributed by atoms with Crippen LogP contribution in [0.4, 0.5) is 0 Å². The van der Waals surface area contributed by atoms with Gasteiger partial charge >= 0.3 is 0 Å². The Hall–Kier alpha value is -0.570. The molecule has 110 valence electrons. The molecule has 1 amide bonds. The summed E-state index contributed by atoms with van der Waals surface area (Å²) in [5, 5.41) is 3.34. The molecule has 0 radical (unpaired) electrons. The fourth-order valence-electron chi connectivity index (χ4n) is 4.26. The molecule has 1 aliphatic carbocycles. The number of carbonyl (C=O) groups is 1. The van der Waals surface area contributed by atoms with Crippen molar-refractivity contribution in [3.8, 4) is 0 Å². The first-order valence-corrected chi connectivity index (χ1v) is 7.84. The van der Waals surface area contributed by atoms with Crippen molar-refractivity contribution in [3.63, 3.8) is 0 Å². The Morgan fingerprint density at radius 3 is 2.68 bits per heavy atom. The minimum Gasteiger partial charge on any atom is -0.341 e. The van der Waals surface area contributed by atoms with Crippen LogP contribution in [-0.4, -0.2) is 37.0 Å². The number of likely N-dealkylation sites (N-methyl/N-ethyl adjacent to an activating group) is 1. The van der Waals surface area contributed by atoms with Gasteiger partial charge in [0.2, 0.25) is 5.91 Å². The quantitative estimate of drug-likeness (QED) is 0.852. The van der Waals surface area contributed by atoms with Crippen LogP contribution in [-0.2, 0) is 4.79 Å². The summed E-state index contributed by atoms with van der Waals surface area (Å²) in [7, 11) is 1.98. The van der Waals surface area contributed by atoms with E-state index in [1.807, 2.05) is 11.9 Å². The lowest BCUT2D eigenvalue weighted by Crippen LogP contribution is -2.40. The van der Waals surface area contributed by atoms with Crippen LogP contribution in [0.5, 0.6) is 0 Å². The van der Waals surface area contributed by atoms with Crippen LogP contribution in [0, 0.1) is 17.3 Å². The van der Waals surface area contributed by atoms with Crippen molar-refractivity contribution in [2.75, 3.05) is 20.1 Å². The van der Waals surface area contributed by atoms with E-state index in [-0.39, 0.29) is 0 Å². The van der Waals surface area contributed by atoms with Crippen molar-refractivity contribution in [1.29, 1.82) is 0 Å². The van der Waals surface area contributed by atoms with Gasteiger partial charge in [0, 0.05) is 26.1 Å². The first kappa shape index (κ1) is 14.8. The SMILES string of the molecule is CC1CC(CC(=O)N(C)C2CCNC2)CC(C)(C)C1. The second-order valence-corrected chi connectivity index (χ2v) is 7.63. The van der Waals surface area contributed by atoms with Crippen LogP contribution in [0.15, 0.2) is 0 Å². The second kappa shape index (κ2) is 5.82. The minimum absolute atomic E-state index is 0.351. The average Bonchev–Trinajstić information content (AvgIpc) is 2.78. The molecule has 0 spiro atoms. The molecule has 1 N–H and O–H groups in total. The van der Waals surface area contributed by atoms with E-state index < -0.39 is 0 Å². The molecule has 1 aliphatic heterocycles. The van der Waals surface area contributed by atoms with Crippen molar-refractivity contribution >= 4 is 5.91 Å². The Kier molecular flexibility index (Phi) is 4.54. The molecule has 3 unspecified atom stereocenters. The largest absolute Gasteiger partial charge is 0.341 e. The maximum absolute atomic E-state index is 12.4. The van der Waals surface area contributed by atoms with E-state index in [0.717, 1.165) is 31.8 Å². The summed E-state index contributed by atoms with van der Waals surface area (Å²) < 4.78 is 0. The van der Waals surface area contributed by atoms with Gasteiger partial charge in [0.1, 0.15) is 0 Å². The third kappa shape index (κ3) is 3.95. The van der Waals surface area contributed by atoms with Crippen molar-refractivity contribution < 1.29 is 4.79 Å². The molecule has 0 aromatic heterocycles. The lowest BCUT2D eigenvalue weighted by molar-refractivity contribution is -0.133. The molecule has 0 aromatic rings. The summed E-state index contributed by atoms with van der Waals surface area (Å²) in [6.45, 7) is 9.06. The Labute approximate surface area is 118 Å². The van der Waals surface area contributed by atoms with Gasteiger partial charge in [0.05, 0.1) is 0 Å². The fourth-order valence-corrected chi connectivity index (χ4v) is 4.26. The Bertz CT molecular complexity index is 321. The molecule has 3 atom stereocenters. The van der Waals surface area contributed by atoms with Crippen molar-refractivity contribution in [2.24, 2.45) is 17.3 Å². The lowest BCUT2D eigenvalue weighted by Gasteiger charge is -2.39. The number of hydrogen-bond donors (Lipinski definition) is 1. The van der Waals surface area contributed by atoms with E-state index in [4.69, 9.17) is 0 Å².